The Bertz CT molecular complexity index is 1050. The van der Waals surface area contributed by atoms with Gasteiger partial charge in [-0.15, -0.1) is 0 Å². The third-order valence-electron chi connectivity index (χ3n) is 11.9. The zero-order valence-corrected chi connectivity index (χ0v) is 40.5. The molecule has 3 N–H and O–H groups in total. The van der Waals surface area contributed by atoms with Crippen LogP contribution in [0.15, 0.2) is 48.6 Å². The molecule has 1 amide bonds. The van der Waals surface area contributed by atoms with E-state index >= 15 is 0 Å². The number of carbonyl (C=O) groups excluding carboxylic acids is 2. The van der Waals surface area contributed by atoms with E-state index in [1.54, 1.807) is 0 Å². The molecule has 0 spiro atoms. The number of unbranched alkanes of at least 4 members (excludes halogenated alkanes) is 29. The molecule has 0 fully saturated rings. The monoisotopic (exact) mass is 856 g/mol. The van der Waals surface area contributed by atoms with Gasteiger partial charge >= 0.3 is 5.97 Å². The van der Waals surface area contributed by atoms with Gasteiger partial charge in [-0.3, -0.25) is 9.59 Å². The molecule has 3 unspecified atom stereocenters. The normalized spacial score (nSPS) is 13.6. The molecule has 0 aromatic heterocycles. The van der Waals surface area contributed by atoms with Crippen molar-refractivity contribution in [1.29, 1.82) is 0 Å². The van der Waals surface area contributed by atoms with Gasteiger partial charge in [0.05, 0.1) is 25.2 Å². The Balaban J connectivity index is 4.66. The Kier molecular flexibility index (Phi) is 47.1. The molecule has 0 saturated heterocycles. The predicted octanol–water partition coefficient (Wildman–Crippen LogP) is 15.8. The van der Waals surface area contributed by atoms with Crippen LogP contribution in [0, 0.1) is 0 Å². The largest absolute Gasteiger partial charge is 0.462 e. The van der Waals surface area contributed by atoms with Crippen LogP contribution in [0.25, 0.3) is 0 Å². The van der Waals surface area contributed by atoms with Crippen LogP contribution in [0.3, 0.4) is 0 Å². The maximum atomic E-state index is 13.2. The van der Waals surface area contributed by atoms with Gasteiger partial charge in [0, 0.05) is 6.42 Å². The fourth-order valence-electron chi connectivity index (χ4n) is 7.90. The minimum absolute atomic E-state index is 0.0540. The van der Waals surface area contributed by atoms with Gasteiger partial charge in [-0.25, -0.2) is 0 Å². The van der Waals surface area contributed by atoms with E-state index in [1.165, 1.54) is 148 Å². The number of amides is 1. The van der Waals surface area contributed by atoms with Crippen molar-refractivity contribution in [1.82, 2.24) is 5.32 Å². The smallest absolute Gasteiger partial charge is 0.306 e. The molecule has 0 aliphatic rings. The molecular formula is C55H101NO5. The Morgan fingerprint density at radius 3 is 1.33 bits per heavy atom. The van der Waals surface area contributed by atoms with Crippen LogP contribution in [-0.2, 0) is 14.3 Å². The van der Waals surface area contributed by atoms with E-state index in [0.29, 0.717) is 19.3 Å². The molecule has 0 radical (unpaired) electrons. The summed E-state index contributed by atoms with van der Waals surface area (Å²) in [6.07, 6.45) is 58.8. The molecule has 61 heavy (non-hydrogen) atoms. The van der Waals surface area contributed by atoms with E-state index < -0.39 is 18.2 Å². The summed E-state index contributed by atoms with van der Waals surface area (Å²) in [6.45, 7) is 6.45. The third-order valence-corrected chi connectivity index (χ3v) is 11.9. The summed E-state index contributed by atoms with van der Waals surface area (Å²) in [6, 6.07) is -0.712. The summed E-state index contributed by atoms with van der Waals surface area (Å²) in [7, 11) is 0. The first-order valence-electron chi connectivity index (χ1n) is 26.4. The second kappa shape index (κ2) is 48.8. The standard InChI is InChI=1S/C55H101NO5/c1-4-7-10-13-16-19-22-24-26-28-29-32-34-37-40-43-46-51(61-55(60)48-45-42-39-36-33-30-27-25-23-20-17-14-11-8-5-2)49-54(59)56-52(50-57)53(58)47-44-41-38-35-31-21-18-15-12-9-6-3/h20,22-24,26,28-29,32,51-53,57-58H,4-19,21,25,27,30-31,33-50H2,1-3H3,(H,56,59)/b23-20-,24-22+,28-26+,32-29+. The zero-order valence-electron chi connectivity index (χ0n) is 40.5. The highest BCUT2D eigenvalue weighted by Crippen LogP contribution is 2.17. The van der Waals surface area contributed by atoms with Crippen LogP contribution in [0.1, 0.15) is 265 Å². The number of aliphatic hydroxyl groups excluding tert-OH is 2. The van der Waals surface area contributed by atoms with Crippen LogP contribution < -0.4 is 5.32 Å². The van der Waals surface area contributed by atoms with Crippen molar-refractivity contribution in [2.45, 2.75) is 283 Å². The molecule has 0 aromatic rings. The molecule has 0 bridgehead atoms. The Labute approximate surface area is 378 Å². The average Bonchev–Trinajstić information content (AvgIpc) is 3.25. The van der Waals surface area contributed by atoms with E-state index in [-0.39, 0.29) is 24.9 Å². The van der Waals surface area contributed by atoms with Crippen LogP contribution in [0.4, 0.5) is 0 Å². The number of hydrogen-bond donors (Lipinski definition) is 3. The number of aliphatic hydroxyl groups is 2. The van der Waals surface area contributed by atoms with Gasteiger partial charge in [-0.2, -0.15) is 0 Å². The highest BCUT2D eigenvalue weighted by molar-refractivity contribution is 5.77. The number of carbonyl (C=O) groups is 2. The Morgan fingerprint density at radius 2 is 0.852 bits per heavy atom. The predicted molar refractivity (Wildman–Crippen MR) is 264 cm³/mol. The van der Waals surface area contributed by atoms with Crippen molar-refractivity contribution in [3.63, 3.8) is 0 Å². The van der Waals surface area contributed by atoms with Crippen molar-refractivity contribution in [2.75, 3.05) is 6.61 Å². The van der Waals surface area contributed by atoms with Crippen molar-refractivity contribution >= 4 is 11.9 Å². The summed E-state index contributed by atoms with van der Waals surface area (Å²) in [4.78, 5) is 26.1. The Hall–Kier alpha value is -2.18. The molecule has 0 aliphatic heterocycles. The molecule has 0 saturated carbocycles. The number of allylic oxidation sites excluding steroid dienone is 8. The number of esters is 1. The topological polar surface area (TPSA) is 95.9 Å². The van der Waals surface area contributed by atoms with E-state index in [9.17, 15) is 19.8 Å². The summed E-state index contributed by atoms with van der Waals surface area (Å²) in [5, 5.41) is 23.7. The van der Waals surface area contributed by atoms with Crippen molar-refractivity contribution in [3.8, 4) is 0 Å². The number of ether oxygens (including phenoxy) is 1. The first-order valence-corrected chi connectivity index (χ1v) is 26.4. The van der Waals surface area contributed by atoms with Crippen molar-refractivity contribution in [3.05, 3.63) is 48.6 Å². The molecule has 6 nitrogen and oxygen atoms in total. The zero-order chi connectivity index (χ0) is 44.5. The van der Waals surface area contributed by atoms with Gasteiger partial charge in [0.15, 0.2) is 0 Å². The van der Waals surface area contributed by atoms with Crippen LogP contribution in [-0.4, -0.2) is 46.9 Å². The average molecular weight is 856 g/mol. The number of rotatable bonds is 47. The van der Waals surface area contributed by atoms with Gasteiger partial charge in [0.2, 0.25) is 5.91 Å². The van der Waals surface area contributed by atoms with E-state index in [2.05, 4.69) is 74.7 Å². The first-order chi connectivity index (χ1) is 30.0. The van der Waals surface area contributed by atoms with Gasteiger partial charge < -0.3 is 20.3 Å². The van der Waals surface area contributed by atoms with Gasteiger partial charge in [0.25, 0.3) is 0 Å². The lowest BCUT2D eigenvalue weighted by Crippen LogP contribution is -2.46. The molecule has 356 valence electrons. The Morgan fingerprint density at radius 1 is 0.475 bits per heavy atom. The lowest BCUT2D eigenvalue weighted by atomic mass is 10.0. The fourth-order valence-corrected chi connectivity index (χ4v) is 7.90. The minimum Gasteiger partial charge on any atom is -0.462 e. The number of hydrogen-bond acceptors (Lipinski definition) is 5. The van der Waals surface area contributed by atoms with Crippen molar-refractivity contribution in [2.24, 2.45) is 0 Å². The highest BCUT2D eigenvalue weighted by Gasteiger charge is 2.24. The van der Waals surface area contributed by atoms with E-state index in [0.717, 1.165) is 70.6 Å². The lowest BCUT2D eigenvalue weighted by molar-refractivity contribution is -0.151. The van der Waals surface area contributed by atoms with Crippen LogP contribution in [0.5, 0.6) is 0 Å². The SMILES string of the molecule is CCCCCC/C=C\CCCCCCCCCC(=O)OC(CCCCC/C=C/C=C/C=C/CCCCCCC)CC(=O)NC(CO)C(O)CCCCCCCCCCCCC. The second-order valence-electron chi connectivity index (χ2n) is 18.0. The molecule has 0 rings (SSSR count). The molecular weight excluding hydrogens is 755 g/mol. The van der Waals surface area contributed by atoms with Crippen LogP contribution in [0.2, 0.25) is 0 Å². The molecule has 0 aliphatic carbocycles. The van der Waals surface area contributed by atoms with Crippen molar-refractivity contribution < 1.29 is 24.5 Å². The van der Waals surface area contributed by atoms with Gasteiger partial charge in [-0.1, -0.05) is 223 Å². The lowest BCUT2D eigenvalue weighted by Gasteiger charge is -2.24. The molecule has 0 aromatic carbocycles. The van der Waals surface area contributed by atoms with Gasteiger partial charge in [0.1, 0.15) is 6.10 Å². The van der Waals surface area contributed by atoms with E-state index in [4.69, 9.17) is 4.74 Å². The maximum Gasteiger partial charge on any atom is 0.306 e. The van der Waals surface area contributed by atoms with Crippen LogP contribution >= 0.6 is 0 Å². The minimum atomic E-state index is -0.797. The quantitative estimate of drug-likeness (QED) is 0.0245. The summed E-state index contributed by atoms with van der Waals surface area (Å²) in [5.41, 5.74) is 0. The molecule has 6 heteroatoms. The van der Waals surface area contributed by atoms with Gasteiger partial charge in [-0.05, 0) is 77.0 Å². The fraction of sp³-hybridized carbons (Fsp3) is 0.818. The molecule has 3 atom stereocenters. The highest BCUT2D eigenvalue weighted by atomic mass is 16.5. The summed E-state index contributed by atoms with van der Waals surface area (Å²) < 4.78 is 5.92. The maximum absolute atomic E-state index is 13.2. The van der Waals surface area contributed by atoms with E-state index in [1.807, 2.05) is 0 Å². The third kappa shape index (κ3) is 44.2. The molecule has 0 heterocycles. The summed E-state index contributed by atoms with van der Waals surface area (Å²) >= 11 is 0. The summed E-state index contributed by atoms with van der Waals surface area (Å²) in [5.74, 6) is -0.507. The first kappa shape index (κ1) is 58.8. The number of nitrogens with one attached hydrogen (secondary N) is 1. The second-order valence-corrected chi connectivity index (χ2v) is 18.0.